The van der Waals surface area contributed by atoms with Gasteiger partial charge in [-0.1, -0.05) is 32.9 Å². The van der Waals surface area contributed by atoms with Crippen LogP contribution in [0.15, 0.2) is 47.1 Å². The monoisotopic (exact) mass is 353 g/mol. The Balaban J connectivity index is 1.76. The highest BCUT2D eigenvalue weighted by atomic mass is 16.5. The number of ether oxygens (including phenoxy) is 1. The first kappa shape index (κ1) is 18.0. The number of oxazole rings is 1. The number of aliphatic carboxylic acids is 1. The molecule has 136 valence electrons. The number of carboxylic acids is 1. The van der Waals surface area contributed by atoms with Crippen molar-refractivity contribution in [3.05, 3.63) is 48.4 Å². The summed E-state index contributed by atoms with van der Waals surface area (Å²) in [6.45, 7) is 6.70. The van der Waals surface area contributed by atoms with Crippen molar-refractivity contribution in [1.29, 1.82) is 0 Å². The van der Waals surface area contributed by atoms with E-state index in [1.54, 1.807) is 6.26 Å². The fourth-order valence-electron chi connectivity index (χ4n) is 2.61. The Bertz CT molecular complexity index is 921. The van der Waals surface area contributed by atoms with Gasteiger partial charge in [-0.2, -0.15) is 0 Å². The van der Waals surface area contributed by atoms with Gasteiger partial charge in [0.25, 0.3) is 0 Å². The lowest BCUT2D eigenvalue weighted by Crippen LogP contribution is -2.11. The summed E-state index contributed by atoms with van der Waals surface area (Å²) in [7, 11) is 0. The first-order chi connectivity index (χ1) is 12.3. The van der Waals surface area contributed by atoms with E-state index in [1.165, 1.54) is 0 Å². The molecular formula is C21H23NO4. The Morgan fingerprint density at radius 3 is 2.58 bits per heavy atom. The van der Waals surface area contributed by atoms with Crippen molar-refractivity contribution >= 4 is 16.7 Å². The number of carbonyl (C=O) groups is 1. The summed E-state index contributed by atoms with van der Waals surface area (Å²) in [5, 5.41) is 10.8. The lowest BCUT2D eigenvalue weighted by atomic mass is 9.93. The summed E-state index contributed by atoms with van der Waals surface area (Å²) in [5.74, 6) is 0.549. The van der Waals surface area contributed by atoms with E-state index in [9.17, 15) is 4.79 Å². The predicted molar refractivity (Wildman–Crippen MR) is 101 cm³/mol. The van der Waals surface area contributed by atoms with Crippen molar-refractivity contribution in [3.8, 4) is 17.2 Å². The molecule has 3 aromatic rings. The van der Waals surface area contributed by atoms with Gasteiger partial charge in [0, 0.05) is 17.4 Å². The predicted octanol–water partition coefficient (Wildman–Crippen LogP) is 5.04. The molecule has 5 nitrogen and oxygen atoms in total. The van der Waals surface area contributed by atoms with Crippen LogP contribution >= 0.6 is 0 Å². The minimum absolute atomic E-state index is 0.0501. The highest BCUT2D eigenvalue weighted by Crippen LogP contribution is 2.29. The van der Waals surface area contributed by atoms with E-state index in [-0.39, 0.29) is 11.8 Å². The highest BCUT2D eigenvalue weighted by molar-refractivity contribution is 5.87. The topological polar surface area (TPSA) is 72.6 Å². The van der Waals surface area contributed by atoms with E-state index in [0.717, 1.165) is 27.8 Å². The maximum atomic E-state index is 10.5. The molecule has 0 unspecified atom stereocenters. The van der Waals surface area contributed by atoms with Crippen molar-refractivity contribution in [1.82, 2.24) is 4.98 Å². The van der Waals surface area contributed by atoms with Crippen molar-refractivity contribution in [2.45, 2.75) is 39.0 Å². The normalized spacial score (nSPS) is 11.7. The Hall–Kier alpha value is -2.82. The minimum Gasteiger partial charge on any atom is -0.494 e. The van der Waals surface area contributed by atoms with E-state index in [1.807, 2.05) is 36.4 Å². The molecule has 0 fully saturated rings. The number of hydrogen-bond donors (Lipinski definition) is 1. The molecule has 0 saturated heterocycles. The van der Waals surface area contributed by atoms with Crippen LogP contribution < -0.4 is 4.74 Å². The van der Waals surface area contributed by atoms with Gasteiger partial charge in [-0.3, -0.25) is 4.79 Å². The van der Waals surface area contributed by atoms with Gasteiger partial charge in [-0.25, -0.2) is 4.98 Å². The van der Waals surface area contributed by atoms with Gasteiger partial charge in [0.2, 0.25) is 5.89 Å². The van der Waals surface area contributed by atoms with Crippen LogP contribution in [0, 0.1) is 0 Å². The molecule has 0 spiro atoms. The van der Waals surface area contributed by atoms with E-state index in [0.29, 0.717) is 18.9 Å². The van der Waals surface area contributed by atoms with Gasteiger partial charge < -0.3 is 14.3 Å². The smallest absolute Gasteiger partial charge is 0.303 e. The maximum Gasteiger partial charge on any atom is 0.303 e. The van der Waals surface area contributed by atoms with E-state index in [2.05, 4.69) is 25.8 Å². The van der Waals surface area contributed by atoms with Gasteiger partial charge in [-0.15, -0.1) is 0 Å². The van der Waals surface area contributed by atoms with Crippen LogP contribution in [-0.4, -0.2) is 22.7 Å². The molecule has 1 N–H and O–H groups in total. The van der Waals surface area contributed by atoms with Gasteiger partial charge in [0.05, 0.1) is 12.3 Å². The molecule has 1 aromatic heterocycles. The molecule has 5 heteroatoms. The largest absolute Gasteiger partial charge is 0.494 e. The SMILES string of the molecule is CC(C)(C)c1coc(-c2ccc3cc(OCCCC(=O)O)ccc3c2)n1. The number of hydrogen-bond acceptors (Lipinski definition) is 4. The first-order valence-electron chi connectivity index (χ1n) is 8.68. The lowest BCUT2D eigenvalue weighted by molar-refractivity contribution is -0.137. The number of benzene rings is 2. The third-order valence-corrected chi connectivity index (χ3v) is 4.13. The Kier molecular flexibility index (Phi) is 4.98. The summed E-state index contributed by atoms with van der Waals surface area (Å²) in [4.78, 5) is 15.1. The molecule has 2 aromatic carbocycles. The molecule has 1 heterocycles. The Labute approximate surface area is 152 Å². The van der Waals surface area contributed by atoms with E-state index in [4.69, 9.17) is 14.3 Å². The average Bonchev–Trinajstić information content (AvgIpc) is 3.08. The van der Waals surface area contributed by atoms with Crippen LogP contribution in [0.25, 0.3) is 22.2 Å². The lowest BCUT2D eigenvalue weighted by Gasteiger charge is -2.13. The van der Waals surface area contributed by atoms with Gasteiger partial charge in [0.15, 0.2) is 0 Å². The summed E-state index contributed by atoms with van der Waals surface area (Å²) in [6.07, 6.45) is 2.32. The fraction of sp³-hybridized carbons (Fsp3) is 0.333. The summed E-state index contributed by atoms with van der Waals surface area (Å²) < 4.78 is 11.3. The van der Waals surface area contributed by atoms with Crippen LogP contribution in [-0.2, 0) is 10.2 Å². The number of carboxylic acid groups (broad SMARTS) is 1. The third kappa shape index (κ3) is 4.23. The molecule has 3 rings (SSSR count). The zero-order valence-corrected chi connectivity index (χ0v) is 15.3. The second kappa shape index (κ2) is 7.20. The van der Waals surface area contributed by atoms with Crippen LogP contribution in [0.2, 0.25) is 0 Å². The molecule has 0 aliphatic carbocycles. The molecule has 0 atom stereocenters. The van der Waals surface area contributed by atoms with Gasteiger partial charge in [-0.05, 0) is 41.5 Å². The first-order valence-corrected chi connectivity index (χ1v) is 8.68. The molecule has 0 aliphatic rings. The van der Waals surface area contributed by atoms with Crippen molar-refractivity contribution < 1.29 is 19.1 Å². The molecule has 0 aliphatic heterocycles. The van der Waals surface area contributed by atoms with Crippen molar-refractivity contribution in [2.24, 2.45) is 0 Å². The molecule has 0 radical (unpaired) electrons. The highest BCUT2D eigenvalue weighted by Gasteiger charge is 2.19. The maximum absolute atomic E-state index is 10.5. The van der Waals surface area contributed by atoms with E-state index < -0.39 is 5.97 Å². The molecule has 0 amide bonds. The summed E-state index contributed by atoms with van der Waals surface area (Å²) >= 11 is 0. The zero-order chi connectivity index (χ0) is 18.7. The molecule has 0 bridgehead atoms. The number of rotatable bonds is 6. The second-order valence-corrected chi connectivity index (χ2v) is 7.36. The summed E-state index contributed by atoms with van der Waals surface area (Å²) in [5.41, 5.74) is 1.81. The van der Waals surface area contributed by atoms with Crippen molar-refractivity contribution in [3.63, 3.8) is 0 Å². The Morgan fingerprint density at radius 1 is 1.15 bits per heavy atom. The van der Waals surface area contributed by atoms with Crippen molar-refractivity contribution in [2.75, 3.05) is 6.61 Å². The number of fused-ring (bicyclic) bond motifs is 1. The minimum atomic E-state index is -0.805. The molecular weight excluding hydrogens is 330 g/mol. The van der Waals surface area contributed by atoms with Crippen LogP contribution in [0.4, 0.5) is 0 Å². The summed E-state index contributed by atoms with van der Waals surface area (Å²) in [6, 6.07) is 11.9. The standard InChI is InChI=1S/C21H23NO4/c1-21(2,3)18-13-26-20(22-18)16-7-6-15-12-17(9-8-14(15)11-16)25-10-4-5-19(23)24/h6-9,11-13H,4-5,10H2,1-3H3,(H,23,24). The third-order valence-electron chi connectivity index (χ3n) is 4.13. The van der Waals surface area contributed by atoms with Crippen LogP contribution in [0.5, 0.6) is 5.75 Å². The second-order valence-electron chi connectivity index (χ2n) is 7.36. The molecule has 0 saturated carbocycles. The van der Waals surface area contributed by atoms with Crippen LogP contribution in [0.1, 0.15) is 39.3 Å². The zero-order valence-electron chi connectivity index (χ0n) is 15.3. The van der Waals surface area contributed by atoms with E-state index >= 15 is 0 Å². The fourth-order valence-corrected chi connectivity index (χ4v) is 2.61. The van der Waals surface area contributed by atoms with Crippen LogP contribution in [0.3, 0.4) is 0 Å². The van der Waals surface area contributed by atoms with Gasteiger partial charge in [0.1, 0.15) is 12.0 Å². The number of nitrogens with zero attached hydrogens (tertiary/aromatic N) is 1. The Morgan fingerprint density at radius 2 is 1.88 bits per heavy atom. The van der Waals surface area contributed by atoms with Gasteiger partial charge >= 0.3 is 5.97 Å². The number of aromatic nitrogens is 1. The quantitative estimate of drug-likeness (QED) is 0.629. The average molecular weight is 353 g/mol. The molecule has 26 heavy (non-hydrogen) atoms.